The first kappa shape index (κ1) is 23.7. The highest BCUT2D eigenvalue weighted by Crippen LogP contribution is 2.22. The average Bonchev–Trinajstić information content (AvgIpc) is 3.21. The van der Waals surface area contributed by atoms with E-state index in [1.807, 2.05) is 36.4 Å². The summed E-state index contributed by atoms with van der Waals surface area (Å²) >= 11 is 0. The van der Waals surface area contributed by atoms with E-state index in [4.69, 9.17) is 14.7 Å². The fourth-order valence-corrected chi connectivity index (χ4v) is 4.64. The number of hydrogen-bond acceptors (Lipinski definition) is 9. The van der Waals surface area contributed by atoms with Crippen LogP contribution in [0.5, 0.6) is 5.88 Å². The van der Waals surface area contributed by atoms with Gasteiger partial charge in [0.2, 0.25) is 11.8 Å². The summed E-state index contributed by atoms with van der Waals surface area (Å²) in [5, 5.41) is 3.59. The van der Waals surface area contributed by atoms with Gasteiger partial charge in [-0.05, 0) is 44.2 Å². The minimum atomic E-state index is -0.226. The Kier molecular flexibility index (Phi) is 6.26. The molecule has 192 valence electrons. The lowest BCUT2D eigenvalue weighted by Crippen LogP contribution is -2.35. The highest BCUT2D eigenvalue weighted by atomic mass is 16.5. The first-order valence-corrected chi connectivity index (χ1v) is 12.5. The fraction of sp³-hybridized carbons (Fsp3) is 0.259. The van der Waals surface area contributed by atoms with Crippen LogP contribution in [0.2, 0.25) is 0 Å². The van der Waals surface area contributed by atoms with Crippen LogP contribution in [0.15, 0.2) is 72.4 Å². The van der Waals surface area contributed by atoms with Crippen LogP contribution >= 0.6 is 0 Å². The van der Waals surface area contributed by atoms with Gasteiger partial charge >= 0.3 is 0 Å². The number of anilines is 2. The predicted octanol–water partition coefficient (Wildman–Crippen LogP) is 3.32. The molecule has 11 heteroatoms. The normalized spacial score (nSPS) is 14.7. The van der Waals surface area contributed by atoms with Crippen molar-refractivity contribution in [1.82, 2.24) is 39.2 Å². The van der Waals surface area contributed by atoms with Crippen molar-refractivity contribution in [2.24, 2.45) is 0 Å². The van der Waals surface area contributed by atoms with Crippen molar-refractivity contribution in [1.29, 1.82) is 0 Å². The predicted molar refractivity (Wildman–Crippen MR) is 145 cm³/mol. The lowest BCUT2D eigenvalue weighted by atomic mass is 10.1. The number of likely N-dealkylation sites (tertiary alicyclic amines) is 1. The van der Waals surface area contributed by atoms with Crippen LogP contribution in [0, 0.1) is 0 Å². The summed E-state index contributed by atoms with van der Waals surface area (Å²) in [4.78, 5) is 38.1. The molecule has 6 rings (SSSR count). The molecule has 1 aliphatic rings. The van der Waals surface area contributed by atoms with E-state index in [-0.39, 0.29) is 18.2 Å². The molecular weight excluding hydrogens is 482 g/mol. The number of allylic oxidation sites excluding steroid dienone is 1. The molecule has 0 bridgehead atoms. The lowest BCUT2D eigenvalue weighted by Gasteiger charge is -2.29. The molecule has 1 fully saturated rings. The number of ether oxygens (including phenoxy) is 1. The summed E-state index contributed by atoms with van der Waals surface area (Å²) in [6.07, 6.45) is 8.49. The van der Waals surface area contributed by atoms with Crippen LogP contribution in [0.25, 0.3) is 27.9 Å². The van der Waals surface area contributed by atoms with Crippen molar-refractivity contribution >= 4 is 33.7 Å². The Bertz CT molecular complexity index is 1690. The Balaban J connectivity index is 1.38. The van der Waals surface area contributed by atoms with Gasteiger partial charge in [-0.3, -0.25) is 14.8 Å². The molecule has 0 amide bonds. The van der Waals surface area contributed by atoms with Crippen LogP contribution in [0.4, 0.5) is 11.6 Å². The Morgan fingerprint density at radius 2 is 1.89 bits per heavy atom. The van der Waals surface area contributed by atoms with Crippen LogP contribution in [0.3, 0.4) is 0 Å². The van der Waals surface area contributed by atoms with Crippen molar-refractivity contribution in [2.75, 3.05) is 25.5 Å². The fourth-order valence-electron chi connectivity index (χ4n) is 4.64. The van der Waals surface area contributed by atoms with Gasteiger partial charge in [0.05, 0.1) is 17.6 Å². The third kappa shape index (κ3) is 4.59. The van der Waals surface area contributed by atoms with Crippen molar-refractivity contribution in [3.63, 3.8) is 0 Å². The third-order valence-electron chi connectivity index (χ3n) is 6.58. The van der Waals surface area contributed by atoms with E-state index in [0.29, 0.717) is 28.7 Å². The highest BCUT2D eigenvalue weighted by Gasteiger charge is 2.21. The maximum absolute atomic E-state index is 13.3. The standard InChI is InChI=1S/C27H27N9O2/c1-3-13-35-26(37)20-17-30-27(31-18-7-8-21-22(16-18)29-12-11-28-21)33-25(20)36(35)23-5-4-6-24(32-23)38-19-9-14-34(2)15-10-19/h3-8,11-12,16-17,19H,1,9-10,13-15H2,2H3,(H,30,31,33). The third-order valence-corrected chi connectivity index (χ3v) is 6.58. The molecule has 1 N–H and O–H groups in total. The summed E-state index contributed by atoms with van der Waals surface area (Å²) in [6.45, 7) is 6.08. The number of aromatic nitrogens is 7. The molecule has 0 aliphatic carbocycles. The van der Waals surface area contributed by atoms with Crippen molar-refractivity contribution in [3.05, 3.63) is 78.0 Å². The van der Waals surface area contributed by atoms with E-state index in [2.05, 4.69) is 38.8 Å². The zero-order chi connectivity index (χ0) is 26.1. The summed E-state index contributed by atoms with van der Waals surface area (Å²) in [6, 6.07) is 11.2. The molecule has 0 unspecified atom stereocenters. The monoisotopic (exact) mass is 509 g/mol. The largest absolute Gasteiger partial charge is 0.474 e. The van der Waals surface area contributed by atoms with E-state index in [9.17, 15) is 4.79 Å². The quantitative estimate of drug-likeness (QED) is 0.330. The van der Waals surface area contributed by atoms with Gasteiger partial charge in [0, 0.05) is 43.4 Å². The maximum atomic E-state index is 13.3. The zero-order valence-corrected chi connectivity index (χ0v) is 21.0. The van der Waals surface area contributed by atoms with Crippen LogP contribution in [-0.4, -0.2) is 65.4 Å². The minimum absolute atomic E-state index is 0.107. The molecule has 1 aromatic carbocycles. The van der Waals surface area contributed by atoms with Crippen molar-refractivity contribution in [3.8, 4) is 11.7 Å². The summed E-state index contributed by atoms with van der Waals surface area (Å²) in [5.41, 5.74) is 2.49. The maximum Gasteiger partial charge on any atom is 0.278 e. The van der Waals surface area contributed by atoms with Crippen LogP contribution < -0.4 is 15.6 Å². The second-order valence-corrected chi connectivity index (χ2v) is 9.26. The number of nitrogens with one attached hydrogen (secondary N) is 1. The van der Waals surface area contributed by atoms with Gasteiger partial charge < -0.3 is 15.0 Å². The first-order valence-electron chi connectivity index (χ1n) is 12.5. The number of nitrogens with zero attached hydrogens (tertiary/aromatic N) is 8. The smallest absolute Gasteiger partial charge is 0.278 e. The zero-order valence-electron chi connectivity index (χ0n) is 21.0. The Morgan fingerprint density at radius 3 is 2.71 bits per heavy atom. The Hall–Kier alpha value is -4.64. The van der Waals surface area contributed by atoms with Gasteiger partial charge in [0.1, 0.15) is 11.5 Å². The average molecular weight is 510 g/mol. The lowest BCUT2D eigenvalue weighted by molar-refractivity contribution is 0.110. The SMILES string of the molecule is C=CCn1c(=O)c2cnc(Nc3ccc4nccnc4c3)nc2n1-c1cccc(OC2CCN(C)CC2)n1. The van der Waals surface area contributed by atoms with Gasteiger partial charge in [-0.1, -0.05) is 12.1 Å². The number of rotatable bonds is 7. The van der Waals surface area contributed by atoms with Gasteiger partial charge in [0.25, 0.3) is 5.56 Å². The first-order chi connectivity index (χ1) is 18.6. The van der Waals surface area contributed by atoms with E-state index < -0.39 is 0 Å². The molecule has 1 aliphatic heterocycles. The molecular formula is C27H27N9O2. The molecule has 0 spiro atoms. The van der Waals surface area contributed by atoms with Gasteiger partial charge in [-0.25, -0.2) is 14.3 Å². The summed E-state index contributed by atoms with van der Waals surface area (Å²) in [5.74, 6) is 1.38. The molecule has 5 heterocycles. The topological polar surface area (TPSA) is 116 Å². The highest BCUT2D eigenvalue weighted by molar-refractivity contribution is 5.80. The molecule has 11 nitrogen and oxygen atoms in total. The minimum Gasteiger partial charge on any atom is -0.474 e. The van der Waals surface area contributed by atoms with Crippen molar-refractivity contribution in [2.45, 2.75) is 25.5 Å². The molecule has 38 heavy (non-hydrogen) atoms. The van der Waals surface area contributed by atoms with Gasteiger partial charge in [0.15, 0.2) is 11.5 Å². The Labute approximate surface area is 218 Å². The number of benzene rings is 1. The molecule has 0 radical (unpaired) electrons. The molecule has 1 saturated heterocycles. The molecule has 0 atom stereocenters. The Morgan fingerprint density at radius 1 is 1.08 bits per heavy atom. The molecule has 4 aromatic heterocycles. The second-order valence-electron chi connectivity index (χ2n) is 9.26. The molecule has 5 aromatic rings. The van der Waals surface area contributed by atoms with E-state index in [0.717, 1.165) is 42.7 Å². The van der Waals surface area contributed by atoms with E-state index in [1.54, 1.807) is 27.8 Å². The summed E-state index contributed by atoms with van der Waals surface area (Å²) < 4.78 is 9.45. The second kappa shape index (κ2) is 10.0. The van der Waals surface area contributed by atoms with Gasteiger partial charge in [-0.2, -0.15) is 9.97 Å². The van der Waals surface area contributed by atoms with Crippen LogP contribution in [0.1, 0.15) is 12.8 Å². The number of fused-ring (bicyclic) bond motifs is 2. The van der Waals surface area contributed by atoms with Gasteiger partial charge in [-0.15, -0.1) is 6.58 Å². The van der Waals surface area contributed by atoms with E-state index >= 15 is 0 Å². The number of pyridine rings is 1. The number of piperidine rings is 1. The van der Waals surface area contributed by atoms with Crippen molar-refractivity contribution < 1.29 is 4.74 Å². The van der Waals surface area contributed by atoms with E-state index in [1.165, 1.54) is 6.20 Å². The van der Waals surface area contributed by atoms with Crippen LogP contribution in [-0.2, 0) is 6.54 Å². The molecule has 0 saturated carbocycles. The summed E-state index contributed by atoms with van der Waals surface area (Å²) in [7, 11) is 2.12. The number of hydrogen-bond donors (Lipinski definition) is 1.